The molecule has 6 nitrogen and oxygen atoms in total. The molecule has 0 fully saturated rings. The largest absolute Gasteiger partial charge is 0.374 e. The van der Waals surface area contributed by atoms with Crippen LogP contribution in [0, 0.1) is 0 Å². The van der Waals surface area contributed by atoms with Crippen molar-refractivity contribution in [3.05, 3.63) is 60.7 Å². The van der Waals surface area contributed by atoms with Crippen LogP contribution in [-0.4, -0.2) is 10.2 Å². The molecule has 2 rings (SSSR count). The third-order valence-corrected chi connectivity index (χ3v) is 2.98. The number of thiocarbonyl (C=S) groups is 2. The van der Waals surface area contributed by atoms with Crippen LogP contribution >= 0.6 is 24.4 Å². The molecular weight excluding hydrogens is 316 g/mol. The molecule has 0 aromatic heterocycles. The van der Waals surface area contributed by atoms with Crippen molar-refractivity contribution in [1.82, 2.24) is 0 Å². The highest BCUT2D eigenvalue weighted by molar-refractivity contribution is 7.80. The van der Waals surface area contributed by atoms with Crippen molar-refractivity contribution < 1.29 is 0 Å². The predicted octanol–water partition coefficient (Wildman–Crippen LogP) is 2.77. The van der Waals surface area contributed by atoms with Crippen LogP contribution in [0.25, 0.3) is 0 Å². The van der Waals surface area contributed by atoms with E-state index in [9.17, 15) is 0 Å². The van der Waals surface area contributed by atoms with Crippen LogP contribution in [0.15, 0.2) is 71.1 Å². The van der Waals surface area contributed by atoms with Gasteiger partial charge in [0, 0.05) is 0 Å². The fraction of sp³-hybridized carbons (Fsp3) is 0. The van der Waals surface area contributed by atoms with E-state index in [1.165, 1.54) is 10.0 Å². The number of hydrogen-bond acceptors (Lipinski definition) is 4. The molecule has 0 unspecified atom stereocenters. The summed E-state index contributed by atoms with van der Waals surface area (Å²) in [5, 5.41) is 10.9. The highest BCUT2D eigenvalue weighted by atomic mass is 32.1. The van der Waals surface area contributed by atoms with Crippen molar-refractivity contribution in [2.45, 2.75) is 0 Å². The summed E-state index contributed by atoms with van der Waals surface area (Å²) >= 11 is 10.0. The molecule has 2 aromatic carbocycles. The summed E-state index contributed by atoms with van der Waals surface area (Å²) in [4.78, 5) is 0. The number of anilines is 2. The zero-order valence-corrected chi connectivity index (χ0v) is 13.2. The minimum atomic E-state index is 0.0610. The summed E-state index contributed by atoms with van der Waals surface area (Å²) in [6, 6.07) is 18.4. The van der Waals surface area contributed by atoms with Gasteiger partial charge in [0.15, 0.2) is 10.2 Å². The first-order chi connectivity index (χ1) is 10.6. The molecule has 0 radical (unpaired) electrons. The minimum Gasteiger partial charge on any atom is -0.374 e. The van der Waals surface area contributed by atoms with Crippen LogP contribution in [0.4, 0.5) is 11.4 Å². The lowest BCUT2D eigenvalue weighted by Gasteiger charge is -2.19. The monoisotopic (exact) mass is 330 g/mol. The summed E-state index contributed by atoms with van der Waals surface area (Å²) in [7, 11) is 0. The molecule has 0 saturated heterocycles. The lowest BCUT2D eigenvalue weighted by Crippen LogP contribution is -2.34. The van der Waals surface area contributed by atoms with Crippen LogP contribution in [0.2, 0.25) is 0 Å². The first kappa shape index (κ1) is 15.8. The van der Waals surface area contributed by atoms with Crippen molar-refractivity contribution in [3.8, 4) is 0 Å². The Hall–Kier alpha value is -2.58. The molecule has 0 amide bonds. The number of nitrogens with two attached hydrogens (primary N) is 2. The molecule has 112 valence electrons. The molecule has 2 aromatic rings. The van der Waals surface area contributed by atoms with Gasteiger partial charge in [0.05, 0.1) is 11.4 Å². The lowest BCUT2D eigenvalue weighted by atomic mass is 10.3. The normalized spacial score (nSPS) is 10.4. The summed E-state index contributed by atoms with van der Waals surface area (Å²) in [6.07, 6.45) is 0. The summed E-state index contributed by atoms with van der Waals surface area (Å²) in [5.41, 5.74) is 12.8. The van der Waals surface area contributed by atoms with Gasteiger partial charge >= 0.3 is 0 Å². The van der Waals surface area contributed by atoms with E-state index in [1.54, 1.807) is 0 Å². The van der Waals surface area contributed by atoms with Gasteiger partial charge < -0.3 is 11.5 Å². The Balaban J connectivity index is 2.29. The maximum absolute atomic E-state index is 5.69. The second kappa shape index (κ2) is 7.43. The van der Waals surface area contributed by atoms with Crippen LogP contribution in [-0.2, 0) is 0 Å². The van der Waals surface area contributed by atoms with Gasteiger partial charge in [-0.3, -0.25) is 0 Å². The quantitative estimate of drug-likeness (QED) is 0.509. The molecule has 0 atom stereocenters. The maximum atomic E-state index is 5.69. The zero-order chi connectivity index (χ0) is 15.9. The molecule has 4 N–H and O–H groups in total. The van der Waals surface area contributed by atoms with Crippen LogP contribution in [0.1, 0.15) is 0 Å². The second-order valence-electron chi connectivity index (χ2n) is 4.15. The van der Waals surface area contributed by atoms with Crippen LogP contribution in [0.3, 0.4) is 0 Å². The molecule has 22 heavy (non-hydrogen) atoms. The Bertz CT molecular complexity index is 615. The van der Waals surface area contributed by atoms with Gasteiger partial charge in [0.1, 0.15) is 0 Å². The Labute approximate surface area is 139 Å². The van der Waals surface area contributed by atoms with Crippen molar-refractivity contribution in [2.24, 2.45) is 21.9 Å². The van der Waals surface area contributed by atoms with Crippen LogP contribution in [0.5, 0.6) is 0 Å². The van der Waals surface area contributed by atoms with E-state index in [1.807, 2.05) is 60.7 Å². The lowest BCUT2D eigenvalue weighted by molar-refractivity contribution is 0.902. The fourth-order valence-corrected chi connectivity index (χ4v) is 1.95. The van der Waals surface area contributed by atoms with Gasteiger partial charge in [-0.2, -0.15) is 10.0 Å². The Morgan fingerprint density at radius 3 is 1.27 bits per heavy atom. The first-order valence-corrected chi connectivity index (χ1v) is 7.12. The van der Waals surface area contributed by atoms with E-state index >= 15 is 0 Å². The third-order valence-electron chi connectivity index (χ3n) is 2.64. The number of para-hydroxylation sites is 2. The van der Waals surface area contributed by atoms with Gasteiger partial charge in [-0.1, -0.05) is 36.4 Å². The van der Waals surface area contributed by atoms with Crippen molar-refractivity contribution in [1.29, 1.82) is 0 Å². The summed E-state index contributed by atoms with van der Waals surface area (Å²) < 4.78 is 0. The molecule has 0 aliphatic heterocycles. The van der Waals surface area contributed by atoms with E-state index in [2.05, 4.69) is 10.4 Å². The average molecular weight is 330 g/mol. The minimum absolute atomic E-state index is 0.0610. The number of nitrogens with zero attached hydrogens (tertiary/aromatic N) is 4. The highest BCUT2D eigenvalue weighted by Gasteiger charge is 2.11. The Morgan fingerprint density at radius 1 is 0.682 bits per heavy atom. The summed E-state index contributed by atoms with van der Waals surface area (Å²) in [5.74, 6) is 0. The standard InChI is InChI=1S/C14H14N6S2/c15-13(21)19(11-7-3-1-4-8-11)17-18-20(14(16)22)12-9-5-2-6-10-12/h1-10H,(H2,15,21)(H2,16,22)/b18-17+. The smallest absolute Gasteiger partial charge is 0.193 e. The molecule has 0 aliphatic rings. The van der Waals surface area contributed by atoms with E-state index < -0.39 is 0 Å². The van der Waals surface area contributed by atoms with E-state index in [4.69, 9.17) is 35.9 Å². The Kier molecular flexibility index (Phi) is 5.34. The average Bonchev–Trinajstić information content (AvgIpc) is 2.52. The summed E-state index contributed by atoms with van der Waals surface area (Å²) in [6.45, 7) is 0. The first-order valence-electron chi connectivity index (χ1n) is 6.30. The molecule has 0 heterocycles. The van der Waals surface area contributed by atoms with Gasteiger partial charge in [0.25, 0.3) is 0 Å². The third kappa shape index (κ3) is 3.96. The molecular formula is C14H14N6S2. The topological polar surface area (TPSA) is 83.2 Å². The molecule has 0 bridgehead atoms. The van der Waals surface area contributed by atoms with Gasteiger partial charge in [-0.25, -0.2) is 0 Å². The van der Waals surface area contributed by atoms with Gasteiger partial charge in [-0.15, -0.1) is 0 Å². The van der Waals surface area contributed by atoms with E-state index in [0.717, 1.165) is 0 Å². The van der Waals surface area contributed by atoms with Crippen molar-refractivity contribution >= 4 is 46.0 Å². The molecule has 0 saturated carbocycles. The van der Waals surface area contributed by atoms with Gasteiger partial charge in [-0.05, 0) is 59.1 Å². The van der Waals surface area contributed by atoms with E-state index in [0.29, 0.717) is 11.4 Å². The van der Waals surface area contributed by atoms with Crippen molar-refractivity contribution in [3.63, 3.8) is 0 Å². The van der Waals surface area contributed by atoms with E-state index in [-0.39, 0.29) is 10.2 Å². The van der Waals surface area contributed by atoms with Gasteiger partial charge in [0.2, 0.25) is 0 Å². The zero-order valence-electron chi connectivity index (χ0n) is 11.5. The second-order valence-corrected chi connectivity index (χ2v) is 4.99. The predicted molar refractivity (Wildman–Crippen MR) is 96.3 cm³/mol. The number of benzene rings is 2. The maximum Gasteiger partial charge on any atom is 0.193 e. The SMILES string of the molecule is NC(=S)N(/N=N/N(C(N)=S)c1ccccc1)c1ccccc1. The van der Waals surface area contributed by atoms with Crippen molar-refractivity contribution in [2.75, 3.05) is 10.0 Å². The molecule has 0 spiro atoms. The molecule has 0 aliphatic carbocycles. The number of hydrogen-bond donors (Lipinski definition) is 2. The van der Waals surface area contributed by atoms with Crippen LogP contribution < -0.4 is 21.5 Å². The fourth-order valence-electron chi connectivity index (χ4n) is 1.66. The number of rotatable bonds is 4. The highest BCUT2D eigenvalue weighted by Crippen LogP contribution is 2.17. The Morgan fingerprint density at radius 2 is 1.00 bits per heavy atom. The molecule has 8 heteroatoms.